The number of rotatable bonds is 6. The van der Waals surface area contributed by atoms with E-state index in [0.29, 0.717) is 21.3 Å². The molecule has 0 saturated heterocycles. The average molecular weight is 462 g/mol. The van der Waals surface area contributed by atoms with E-state index in [9.17, 15) is 10.1 Å². The molecule has 2 aromatic carbocycles. The summed E-state index contributed by atoms with van der Waals surface area (Å²) in [6.45, 7) is 1.85. The molecule has 1 heterocycles. The maximum absolute atomic E-state index is 12.5. The van der Waals surface area contributed by atoms with Gasteiger partial charge in [-0.05, 0) is 48.9 Å². The van der Waals surface area contributed by atoms with E-state index in [1.54, 1.807) is 55.5 Å². The van der Waals surface area contributed by atoms with Crippen LogP contribution in [0, 0.1) is 11.3 Å². The van der Waals surface area contributed by atoms with E-state index in [1.807, 2.05) is 0 Å². The van der Waals surface area contributed by atoms with Crippen molar-refractivity contribution in [2.45, 2.75) is 6.92 Å². The number of esters is 1. The van der Waals surface area contributed by atoms with Crippen molar-refractivity contribution in [2.75, 3.05) is 11.9 Å². The van der Waals surface area contributed by atoms with Gasteiger partial charge in [0.15, 0.2) is 0 Å². The first kappa shape index (κ1) is 21.8. The molecule has 1 aromatic heterocycles. The number of carbonyl (C=O) groups is 1. The quantitative estimate of drug-likeness (QED) is 0.310. The van der Waals surface area contributed by atoms with Crippen molar-refractivity contribution in [2.24, 2.45) is 0 Å². The van der Waals surface area contributed by atoms with Gasteiger partial charge in [0.25, 0.3) is 0 Å². The van der Waals surface area contributed by atoms with E-state index in [-0.39, 0.29) is 34.4 Å². The summed E-state index contributed by atoms with van der Waals surface area (Å²) in [6, 6.07) is 15.7. The van der Waals surface area contributed by atoms with Gasteiger partial charge in [0.2, 0.25) is 5.88 Å². The second kappa shape index (κ2) is 9.73. The molecule has 3 rings (SSSR count). The highest BCUT2D eigenvalue weighted by molar-refractivity contribution is 6.36. The summed E-state index contributed by atoms with van der Waals surface area (Å²) in [5.41, 5.74) is 1.58. The number of furan rings is 1. The molecule has 0 unspecified atom stereocenters. The summed E-state index contributed by atoms with van der Waals surface area (Å²) < 4.78 is 10.9. The fraction of sp³-hybridized carbons (Fsp3) is 0.0909. The van der Waals surface area contributed by atoms with Gasteiger partial charge >= 0.3 is 5.97 Å². The number of halogens is 3. The van der Waals surface area contributed by atoms with Crippen LogP contribution in [0.4, 0.5) is 11.6 Å². The lowest BCUT2D eigenvalue weighted by atomic mass is 10.1. The number of benzene rings is 2. The molecule has 0 aliphatic heterocycles. The van der Waals surface area contributed by atoms with Gasteiger partial charge in [0.05, 0.1) is 18.2 Å². The Morgan fingerprint density at radius 1 is 1.10 bits per heavy atom. The second-order valence-corrected chi connectivity index (χ2v) is 7.26. The first-order valence-electron chi connectivity index (χ1n) is 8.82. The van der Waals surface area contributed by atoms with Gasteiger partial charge in [-0.1, -0.05) is 46.9 Å². The molecule has 0 amide bonds. The number of hydrogen-bond donors (Lipinski definition) is 1. The van der Waals surface area contributed by atoms with Crippen LogP contribution in [0.2, 0.25) is 15.1 Å². The molecule has 30 heavy (non-hydrogen) atoms. The fourth-order valence-corrected chi connectivity index (χ4v) is 3.11. The number of nitrogens with zero attached hydrogens (tertiary/aromatic N) is 1. The molecule has 0 aliphatic rings. The summed E-state index contributed by atoms with van der Waals surface area (Å²) in [6.07, 6.45) is 1.46. The smallest absolute Gasteiger partial charge is 0.345 e. The van der Waals surface area contributed by atoms with Gasteiger partial charge in [0.1, 0.15) is 16.3 Å². The van der Waals surface area contributed by atoms with Crippen LogP contribution in [-0.2, 0) is 4.74 Å². The largest absolute Gasteiger partial charge is 0.462 e. The number of nitriles is 1. The van der Waals surface area contributed by atoms with Crippen LogP contribution in [0.1, 0.15) is 28.6 Å². The third-order valence-electron chi connectivity index (χ3n) is 4.01. The van der Waals surface area contributed by atoms with Crippen LogP contribution in [0.25, 0.3) is 11.6 Å². The summed E-state index contributed by atoms with van der Waals surface area (Å²) >= 11 is 18.3. The zero-order chi connectivity index (χ0) is 21.7. The molecule has 0 saturated carbocycles. The minimum Gasteiger partial charge on any atom is -0.462 e. The standard InChI is InChI=1S/C22H15Cl3N2O3/c1-2-29-22(28)19-20(25)18(11-14(12-26)13-3-5-15(23)6-4-13)30-21(19)27-17-9-7-16(24)8-10-17/h3-11,27H,2H2,1H3/b14-11+. The van der Waals surface area contributed by atoms with Crippen molar-refractivity contribution in [3.8, 4) is 6.07 Å². The Morgan fingerprint density at radius 3 is 2.27 bits per heavy atom. The van der Waals surface area contributed by atoms with Gasteiger partial charge in [-0.25, -0.2) is 4.79 Å². The second-order valence-electron chi connectivity index (χ2n) is 6.01. The molecule has 0 atom stereocenters. The molecule has 3 aromatic rings. The van der Waals surface area contributed by atoms with Gasteiger partial charge < -0.3 is 14.5 Å². The first-order chi connectivity index (χ1) is 14.4. The van der Waals surface area contributed by atoms with Crippen LogP contribution >= 0.6 is 34.8 Å². The maximum atomic E-state index is 12.5. The van der Waals surface area contributed by atoms with E-state index < -0.39 is 5.97 Å². The van der Waals surface area contributed by atoms with E-state index in [4.69, 9.17) is 44.0 Å². The number of hydrogen-bond acceptors (Lipinski definition) is 5. The number of ether oxygens (including phenoxy) is 1. The molecule has 152 valence electrons. The van der Waals surface area contributed by atoms with Gasteiger partial charge in [0, 0.05) is 21.8 Å². The summed E-state index contributed by atoms with van der Waals surface area (Å²) in [5, 5.41) is 13.7. The number of nitrogens with one attached hydrogen (secondary N) is 1. The lowest BCUT2D eigenvalue weighted by molar-refractivity contribution is 0.0527. The normalized spacial score (nSPS) is 11.1. The Bertz CT molecular complexity index is 1130. The van der Waals surface area contributed by atoms with E-state index in [1.165, 1.54) is 6.08 Å². The SMILES string of the molecule is CCOC(=O)c1c(Nc2ccc(Cl)cc2)oc(/C=C(\C#N)c2ccc(Cl)cc2)c1Cl. The first-order valence-corrected chi connectivity index (χ1v) is 9.96. The zero-order valence-electron chi connectivity index (χ0n) is 15.7. The summed E-state index contributed by atoms with van der Waals surface area (Å²) in [7, 11) is 0. The molecule has 8 heteroatoms. The molecule has 0 radical (unpaired) electrons. The molecule has 0 aliphatic carbocycles. The Hall–Kier alpha value is -2.91. The Labute approximate surface area is 188 Å². The monoisotopic (exact) mass is 460 g/mol. The highest BCUT2D eigenvalue weighted by Gasteiger charge is 2.26. The van der Waals surface area contributed by atoms with Crippen LogP contribution < -0.4 is 5.32 Å². The highest BCUT2D eigenvalue weighted by Crippen LogP contribution is 2.36. The summed E-state index contributed by atoms with van der Waals surface area (Å²) in [4.78, 5) is 12.5. The fourth-order valence-electron chi connectivity index (χ4n) is 2.60. The van der Waals surface area contributed by atoms with Crippen molar-refractivity contribution >= 4 is 64.0 Å². The molecule has 0 fully saturated rings. The van der Waals surface area contributed by atoms with E-state index in [0.717, 1.165) is 0 Å². The molecular formula is C22H15Cl3N2O3. The lowest BCUT2D eigenvalue weighted by Crippen LogP contribution is -2.06. The van der Waals surface area contributed by atoms with Gasteiger partial charge in [-0.2, -0.15) is 5.26 Å². The van der Waals surface area contributed by atoms with Crippen molar-refractivity contribution < 1.29 is 13.9 Å². The van der Waals surface area contributed by atoms with Crippen LogP contribution in [0.15, 0.2) is 52.9 Å². The topological polar surface area (TPSA) is 75.3 Å². The van der Waals surface area contributed by atoms with Crippen molar-refractivity contribution in [1.82, 2.24) is 0 Å². The summed E-state index contributed by atoms with van der Waals surface area (Å²) in [5.74, 6) is -0.407. The van der Waals surface area contributed by atoms with E-state index >= 15 is 0 Å². The molecule has 1 N–H and O–H groups in total. The molecule has 0 bridgehead atoms. The average Bonchev–Trinajstić information content (AvgIpc) is 3.03. The highest BCUT2D eigenvalue weighted by atomic mass is 35.5. The zero-order valence-corrected chi connectivity index (χ0v) is 18.0. The predicted octanol–water partition coefficient (Wildman–Crippen LogP) is 7.22. The minimum atomic E-state index is -0.646. The number of carbonyl (C=O) groups excluding carboxylic acids is 1. The molecule has 5 nitrogen and oxygen atoms in total. The van der Waals surface area contributed by atoms with Crippen molar-refractivity contribution in [3.05, 3.63) is 80.5 Å². The third-order valence-corrected chi connectivity index (χ3v) is 4.89. The number of allylic oxidation sites excluding steroid dienone is 1. The predicted molar refractivity (Wildman–Crippen MR) is 119 cm³/mol. The van der Waals surface area contributed by atoms with Gasteiger partial charge in [-0.15, -0.1) is 0 Å². The Kier molecular flexibility index (Phi) is 7.07. The van der Waals surface area contributed by atoms with E-state index in [2.05, 4.69) is 11.4 Å². The van der Waals surface area contributed by atoms with Crippen LogP contribution in [0.5, 0.6) is 0 Å². The maximum Gasteiger partial charge on any atom is 0.345 e. The Balaban J connectivity index is 2.06. The van der Waals surface area contributed by atoms with Gasteiger partial charge in [-0.3, -0.25) is 0 Å². The number of anilines is 2. The molecule has 0 spiro atoms. The molecular weight excluding hydrogens is 447 g/mol. The van der Waals surface area contributed by atoms with Crippen LogP contribution in [-0.4, -0.2) is 12.6 Å². The Morgan fingerprint density at radius 2 is 1.70 bits per heavy atom. The minimum absolute atomic E-state index is 0.0339. The van der Waals surface area contributed by atoms with Crippen LogP contribution in [0.3, 0.4) is 0 Å². The third kappa shape index (κ3) is 4.98. The van der Waals surface area contributed by atoms with Crippen molar-refractivity contribution in [3.63, 3.8) is 0 Å². The lowest BCUT2D eigenvalue weighted by Gasteiger charge is -2.06. The van der Waals surface area contributed by atoms with Crippen molar-refractivity contribution in [1.29, 1.82) is 5.26 Å².